The van der Waals surface area contributed by atoms with Gasteiger partial charge in [-0.1, -0.05) is 0 Å². The molecule has 64 valence electrons. The van der Waals surface area contributed by atoms with E-state index in [0.717, 1.165) is 0 Å². The number of carbonyl (C=O) groups is 1. The molecule has 0 spiro atoms. The fraction of sp³-hybridized carbons (Fsp3) is 0. The Kier molecular flexibility index (Phi) is 2.69. The van der Waals surface area contributed by atoms with Crippen molar-refractivity contribution in [3.8, 4) is 5.75 Å². The SMILES string of the molecule is O=C(O)c1nc(Br)c(Br)cc1O. The Bertz CT molecular complexity index is 340. The summed E-state index contributed by atoms with van der Waals surface area (Å²) in [6.45, 7) is 0. The van der Waals surface area contributed by atoms with Crippen LogP contribution in [0.4, 0.5) is 0 Å². The smallest absolute Gasteiger partial charge is 0.358 e. The lowest BCUT2D eigenvalue weighted by atomic mass is 10.3. The molecule has 6 heteroatoms. The fourth-order valence-electron chi connectivity index (χ4n) is 0.614. The molecule has 4 nitrogen and oxygen atoms in total. The maximum absolute atomic E-state index is 10.4. The lowest BCUT2D eigenvalue weighted by Gasteiger charge is -2.00. The normalized spacial score (nSPS) is 9.83. The second kappa shape index (κ2) is 3.40. The topological polar surface area (TPSA) is 70.4 Å². The van der Waals surface area contributed by atoms with Gasteiger partial charge >= 0.3 is 5.97 Å². The third-order valence-electron chi connectivity index (χ3n) is 1.12. The van der Waals surface area contributed by atoms with Crippen LogP contribution in [0.3, 0.4) is 0 Å². The summed E-state index contributed by atoms with van der Waals surface area (Å²) in [5.74, 6) is -1.63. The van der Waals surface area contributed by atoms with Crippen LogP contribution in [0.1, 0.15) is 10.5 Å². The van der Waals surface area contributed by atoms with Gasteiger partial charge in [-0.3, -0.25) is 0 Å². The predicted molar refractivity (Wildman–Crippen MR) is 48.3 cm³/mol. The summed E-state index contributed by atoms with van der Waals surface area (Å²) in [4.78, 5) is 14.0. The van der Waals surface area contributed by atoms with Gasteiger partial charge in [0.05, 0.1) is 4.47 Å². The third-order valence-corrected chi connectivity index (χ3v) is 2.86. The Labute approximate surface area is 84.5 Å². The first-order chi connectivity index (χ1) is 5.52. The molecule has 1 aromatic heterocycles. The molecule has 0 amide bonds. The first-order valence-corrected chi connectivity index (χ1v) is 4.39. The van der Waals surface area contributed by atoms with Crippen molar-refractivity contribution in [2.24, 2.45) is 0 Å². The van der Waals surface area contributed by atoms with E-state index in [4.69, 9.17) is 10.2 Å². The third kappa shape index (κ3) is 1.75. The van der Waals surface area contributed by atoms with Crippen LogP contribution in [-0.2, 0) is 0 Å². The van der Waals surface area contributed by atoms with Crippen LogP contribution in [0, 0.1) is 0 Å². The number of aromatic nitrogens is 1. The van der Waals surface area contributed by atoms with Crippen molar-refractivity contribution in [1.29, 1.82) is 0 Å². The van der Waals surface area contributed by atoms with E-state index in [1.165, 1.54) is 6.07 Å². The van der Waals surface area contributed by atoms with E-state index in [9.17, 15) is 4.79 Å². The van der Waals surface area contributed by atoms with Crippen molar-refractivity contribution < 1.29 is 15.0 Å². The van der Waals surface area contributed by atoms with Gasteiger partial charge in [-0.05, 0) is 37.9 Å². The van der Waals surface area contributed by atoms with Gasteiger partial charge in [-0.15, -0.1) is 0 Å². The van der Waals surface area contributed by atoms with Crippen molar-refractivity contribution in [3.05, 3.63) is 20.8 Å². The van der Waals surface area contributed by atoms with E-state index in [2.05, 4.69) is 36.8 Å². The molecule has 0 aliphatic heterocycles. The zero-order chi connectivity index (χ0) is 9.30. The summed E-state index contributed by atoms with van der Waals surface area (Å²) in [7, 11) is 0. The Balaban J connectivity index is 3.33. The van der Waals surface area contributed by atoms with Crippen LogP contribution in [-0.4, -0.2) is 21.2 Å². The fourth-order valence-corrected chi connectivity index (χ4v) is 1.21. The molecule has 0 radical (unpaired) electrons. The zero-order valence-electron chi connectivity index (χ0n) is 5.58. The zero-order valence-corrected chi connectivity index (χ0v) is 8.76. The number of carboxylic acids is 1. The molecule has 2 N–H and O–H groups in total. The number of hydrogen-bond acceptors (Lipinski definition) is 3. The summed E-state index contributed by atoms with van der Waals surface area (Å²) in [5, 5.41) is 17.6. The predicted octanol–water partition coefficient (Wildman–Crippen LogP) is 2.01. The standard InChI is InChI=1S/C6H3Br2NO3/c7-2-1-3(10)4(6(11)12)9-5(2)8/h1,10H,(H,11,12). The molecular weight excluding hydrogens is 294 g/mol. The van der Waals surface area contributed by atoms with Gasteiger partial charge in [0.25, 0.3) is 0 Å². The molecule has 12 heavy (non-hydrogen) atoms. The molecule has 0 unspecified atom stereocenters. The van der Waals surface area contributed by atoms with Crippen molar-refractivity contribution >= 4 is 37.8 Å². The highest BCUT2D eigenvalue weighted by Crippen LogP contribution is 2.27. The minimum Gasteiger partial charge on any atom is -0.505 e. The number of aromatic hydroxyl groups is 1. The highest BCUT2D eigenvalue weighted by Gasteiger charge is 2.13. The lowest BCUT2D eigenvalue weighted by Crippen LogP contribution is -2.00. The van der Waals surface area contributed by atoms with E-state index in [1.54, 1.807) is 0 Å². The highest BCUT2D eigenvalue weighted by molar-refractivity contribution is 9.13. The largest absolute Gasteiger partial charge is 0.505 e. The van der Waals surface area contributed by atoms with Crippen LogP contribution in [0.25, 0.3) is 0 Å². The maximum Gasteiger partial charge on any atom is 0.358 e. The van der Waals surface area contributed by atoms with Crippen LogP contribution >= 0.6 is 31.9 Å². The molecule has 0 aliphatic rings. The number of halogens is 2. The first kappa shape index (κ1) is 9.47. The summed E-state index contributed by atoms with van der Waals surface area (Å²) in [5.41, 5.74) is -0.370. The van der Waals surface area contributed by atoms with E-state index in [0.29, 0.717) is 9.08 Å². The number of hydrogen-bond donors (Lipinski definition) is 2. The molecule has 0 saturated heterocycles. The average Bonchev–Trinajstić information content (AvgIpc) is 1.96. The van der Waals surface area contributed by atoms with E-state index in [-0.39, 0.29) is 11.4 Å². The van der Waals surface area contributed by atoms with Gasteiger partial charge in [0.2, 0.25) is 0 Å². The van der Waals surface area contributed by atoms with E-state index in [1.807, 2.05) is 0 Å². The van der Waals surface area contributed by atoms with Gasteiger partial charge < -0.3 is 10.2 Å². The van der Waals surface area contributed by atoms with E-state index >= 15 is 0 Å². The Morgan fingerprint density at radius 3 is 2.58 bits per heavy atom. The number of nitrogens with zero attached hydrogens (tertiary/aromatic N) is 1. The summed E-state index contributed by atoms with van der Waals surface area (Å²) in [6, 6.07) is 1.26. The number of carboxylic acid groups (broad SMARTS) is 1. The van der Waals surface area contributed by atoms with Crippen LogP contribution in [0.2, 0.25) is 0 Å². The van der Waals surface area contributed by atoms with Crippen LogP contribution in [0.15, 0.2) is 15.1 Å². The minimum atomic E-state index is -1.26. The average molecular weight is 297 g/mol. The number of pyridine rings is 1. The van der Waals surface area contributed by atoms with Gasteiger partial charge in [0.1, 0.15) is 10.4 Å². The monoisotopic (exact) mass is 295 g/mol. The molecule has 0 fully saturated rings. The van der Waals surface area contributed by atoms with Gasteiger partial charge in [0, 0.05) is 0 Å². The molecule has 0 saturated carbocycles. The van der Waals surface area contributed by atoms with Gasteiger partial charge in [-0.2, -0.15) is 0 Å². The minimum absolute atomic E-state index is 0.345. The maximum atomic E-state index is 10.4. The molecule has 0 aromatic carbocycles. The molecule has 1 rings (SSSR count). The second-order valence-electron chi connectivity index (χ2n) is 1.93. The molecule has 0 atom stereocenters. The van der Waals surface area contributed by atoms with Crippen LogP contribution < -0.4 is 0 Å². The molecule has 0 aliphatic carbocycles. The molecule has 0 bridgehead atoms. The quantitative estimate of drug-likeness (QED) is 0.778. The Hall–Kier alpha value is -0.620. The van der Waals surface area contributed by atoms with E-state index < -0.39 is 5.97 Å². The Morgan fingerprint density at radius 2 is 2.08 bits per heavy atom. The Morgan fingerprint density at radius 1 is 1.50 bits per heavy atom. The number of aromatic carboxylic acids is 1. The summed E-state index contributed by atoms with van der Waals surface area (Å²) < 4.78 is 0.850. The molecule has 1 aromatic rings. The van der Waals surface area contributed by atoms with Crippen molar-refractivity contribution in [3.63, 3.8) is 0 Å². The number of rotatable bonds is 1. The molecule has 1 heterocycles. The molecular formula is C6H3Br2NO3. The summed E-state index contributed by atoms with van der Waals surface area (Å²) in [6.07, 6.45) is 0. The van der Waals surface area contributed by atoms with Crippen molar-refractivity contribution in [2.75, 3.05) is 0 Å². The van der Waals surface area contributed by atoms with Crippen molar-refractivity contribution in [2.45, 2.75) is 0 Å². The second-order valence-corrected chi connectivity index (χ2v) is 3.54. The van der Waals surface area contributed by atoms with Gasteiger partial charge in [-0.25, -0.2) is 9.78 Å². The van der Waals surface area contributed by atoms with Crippen LogP contribution in [0.5, 0.6) is 5.75 Å². The van der Waals surface area contributed by atoms with Gasteiger partial charge in [0.15, 0.2) is 5.69 Å². The van der Waals surface area contributed by atoms with Crippen molar-refractivity contribution in [1.82, 2.24) is 4.98 Å². The highest BCUT2D eigenvalue weighted by atomic mass is 79.9. The summed E-state index contributed by atoms with van der Waals surface area (Å²) >= 11 is 6.08. The lowest BCUT2D eigenvalue weighted by molar-refractivity contribution is 0.0686. The first-order valence-electron chi connectivity index (χ1n) is 2.80.